The number of nitrogens with one attached hydrogen (secondary N) is 1. The first kappa shape index (κ1) is 18.1. The Morgan fingerprint density at radius 2 is 2.26 bits per heavy atom. The van der Waals surface area contributed by atoms with Gasteiger partial charge < -0.3 is 19.8 Å². The number of thioether (sulfide) groups is 1. The highest BCUT2D eigenvalue weighted by atomic mass is 32.2. The van der Waals surface area contributed by atoms with Gasteiger partial charge in [0.25, 0.3) is 0 Å². The Morgan fingerprint density at radius 1 is 1.41 bits per heavy atom. The molecule has 0 radical (unpaired) electrons. The third kappa shape index (κ3) is 3.59. The molecule has 2 aliphatic heterocycles. The average molecular weight is 387 g/mol. The highest BCUT2D eigenvalue weighted by molar-refractivity contribution is 7.99. The number of Topliss-reactive ketones (excluding diaryl/α,β-unsaturated/α-hetero) is 1. The van der Waals surface area contributed by atoms with Gasteiger partial charge in [-0.2, -0.15) is 0 Å². The fraction of sp³-hybridized carbons (Fsp3) is 0.421. The van der Waals surface area contributed by atoms with Crippen molar-refractivity contribution in [3.05, 3.63) is 36.1 Å². The van der Waals surface area contributed by atoms with E-state index in [2.05, 4.69) is 10.5 Å². The first-order valence-electron chi connectivity index (χ1n) is 8.96. The first-order valence-corrected chi connectivity index (χ1v) is 10.1. The Bertz CT molecular complexity index is 848. The van der Waals surface area contributed by atoms with Crippen LogP contribution in [0.2, 0.25) is 0 Å². The summed E-state index contributed by atoms with van der Waals surface area (Å²) in [6.45, 7) is 0.632. The van der Waals surface area contributed by atoms with Crippen molar-refractivity contribution in [3.8, 4) is 0 Å². The molecule has 142 valence electrons. The van der Waals surface area contributed by atoms with Crippen LogP contribution in [0.1, 0.15) is 12.2 Å². The van der Waals surface area contributed by atoms with Crippen molar-refractivity contribution in [2.45, 2.75) is 24.9 Å². The molecule has 1 amide bonds. The molecular weight excluding hydrogens is 366 g/mol. The summed E-state index contributed by atoms with van der Waals surface area (Å²) < 4.78 is 5.76. The highest BCUT2D eigenvalue weighted by Crippen LogP contribution is 2.27. The number of hydrogen-bond donors (Lipinski definition) is 2. The van der Waals surface area contributed by atoms with E-state index in [9.17, 15) is 9.59 Å². The van der Waals surface area contributed by atoms with Crippen molar-refractivity contribution in [1.82, 2.24) is 10.2 Å². The molecule has 2 N–H and O–H groups in total. The van der Waals surface area contributed by atoms with E-state index in [1.54, 1.807) is 16.7 Å². The number of benzene rings is 1. The molecular formula is C19H21N3O4S. The second-order valence-corrected chi connectivity index (χ2v) is 7.86. The number of para-hydroxylation sites is 1. The monoisotopic (exact) mass is 387 g/mol. The fourth-order valence-electron chi connectivity index (χ4n) is 3.80. The number of hydrogen-bond acceptors (Lipinski definition) is 7. The molecule has 1 aromatic heterocycles. The van der Waals surface area contributed by atoms with Crippen LogP contribution >= 0.6 is 11.8 Å². The number of oxime groups is 1. The molecule has 2 aromatic rings. The third-order valence-corrected chi connectivity index (χ3v) is 6.21. The van der Waals surface area contributed by atoms with Gasteiger partial charge in [0.1, 0.15) is 17.1 Å². The van der Waals surface area contributed by atoms with Gasteiger partial charge in [0.2, 0.25) is 5.91 Å². The van der Waals surface area contributed by atoms with E-state index in [1.807, 2.05) is 30.3 Å². The summed E-state index contributed by atoms with van der Waals surface area (Å²) in [5, 5.41) is 16.0. The van der Waals surface area contributed by atoms with Gasteiger partial charge in [-0.3, -0.25) is 9.59 Å². The molecule has 1 unspecified atom stereocenters. The lowest BCUT2D eigenvalue weighted by Crippen LogP contribution is -2.50. The molecule has 3 heterocycles. The molecule has 3 atom stereocenters. The Kier molecular flexibility index (Phi) is 5.18. The molecule has 7 nitrogen and oxygen atoms in total. The van der Waals surface area contributed by atoms with Gasteiger partial charge in [0.15, 0.2) is 0 Å². The first-order chi connectivity index (χ1) is 13.2. The quantitative estimate of drug-likeness (QED) is 0.462. The van der Waals surface area contributed by atoms with Gasteiger partial charge in [0.05, 0.1) is 30.6 Å². The number of rotatable bonds is 5. The van der Waals surface area contributed by atoms with Crippen molar-refractivity contribution in [1.29, 1.82) is 0 Å². The standard InChI is InChI=1S/C19H21N3O4S/c23-16(8-14-7-12-3-1-2-4-17(12)26-14)15-5-6-20-18(15)19(24)22-11-27-10-13(22)9-21-25/h1-4,7,9,13,15,18,20,25H,5-6,8,10-11H2/t13-,15?,18-/m1/s1. The zero-order chi connectivity index (χ0) is 18.8. The van der Waals surface area contributed by atoms with Gasteiger partial charge in [0, 0.05) is 17.1 Å². The largest absolute Gasteiger partial charge is 0.461 e. The normalized spacial score (nSPS) is 25.6. The molecule has 0 saturated carbocycles. The zero-order valence-electron chi connectivity index (χ0n) is 14.7. The van der Waals surface area contributed by atoms with Gasteiger partial charge in [-0.15, -0.1) is 11.8 Å². The van der Waals surface area contributed by atoms with E-state index in [0.29, 0.717) is 30.4 Å². The van der Waals surface area contributed by atoms with E-state index in [-0.39, 0.29) is 30.1 Å². The Balaban J connectivity index is 1.47. The van der Waals surface area contributed by atoms with E-state index in [4.69, 9.17) is 9.62 Å². The van der Waals surface area contributed by atoms with Crippen LogP contribution in [0.25, 0.3) is 11.0 Å². The van der Waals surface area contributed by atoms with Gasteiger partial charge in [-0.1, -0.05) is 23.4 Å². The summed E-state index contributed by atoms with van der Waals surface area (Å²) in [7, 11) is 0. The molecule has 2 fully saturated rings. The number of furan rings is 1. The van der Waals surface area contributed by atoms with E-state index < -0.39 is 6.04 Å². The second kappa shape index (κ2) is 7.74. The molecule has 0 aliphatic carbocycles. The van der Waals surface area contributed by atoms with Crippen LogP contribution in [0.4, 0.5) is 0 Å². The molecule has 27 heavy (non-hydrogen) atoms. The summed E-state index contributed by atoms with van der Waals surface area (Å²) in [5.41, 5.74) is 0.762. The maximum absolute atomic E-state index is 13.0. The maximum Gasteiger partial charge on any atom is 0.241 e. The van der Waals surface area contributed by atoms with Crippen molar-refractivity contribution < 1.29 is 19.2 Å². The van der Waals surface area contributed by atoms with Gasteiger partial charge in [-0.05, 0) is 25.1 Å². The molecule has 0 spiro atoms. The van der Waals surface area contributed by atoms with E-state index in [1.165, 1.54) is 6.21 Å². The average Bonchev–Trinajstić information content (AvgIpc) is 3.40. The van der Waals surface area contributed by atoms with Crippen molar-refractivity contribution in [2.75, 3.05) is 18.2 Å². The van der Waals surface area contributed by atoms with Gasteiger partial charge >= 0.3 is 0 Å². The maximum atomic E-state index is 13.0. The SMILES string of the molecule is O=C(Cc1cc2ccccc2o1)C1CCN[C@H]1C(=O)N1CSC[C@H]1C=NO. The summed E-state index contributed by atoms with van der Waals surface area (Å²) >= 11 is 1.61. The molecule has 0 bridgehead atoms. The minimum atomic E-state index is -0.532. The van der Waals surface area contributed by atoms with Crippen LogP contribution in [0.15, 0.2) is 39.9 Å². The number of ketones is 1. The van der Waals surface area contributed by atoms with E-state index >= 15 is 0 Å². The second-order valence-electron chi connectivity index (χ2n) is 6.86. The van der Waals surface area contributed by atoms with Crippen molar-refractivity contribution in [3.63, 3.8) is 0 Å². The third-order valence-electron chi connectivity index (χ3n) is 5.17. The van der Waals surface area contributed by atoms with Crippen LogP contribution in [0.3, 0.4) is 0 Å². The molecule has 2 saturated heterocycles. The topological polar surface area (TPSA) is 95.1 Å². The lowest BCUT2D eigenvalue weighted by molar-refractivity contribution is -0.136. The molecule has 4 rings (SSSR count). The lowest BCUT2D eigenvalue weighted by Gasteiger charge is -2.26. The van der Waals surface area contributed by atoms with Crippen molar-refractivity contribution >= 4 is 40.6 Å². The predicted octanol–water partition coefficient (Wildman–Crippen LogP) is 1.88. The Morgan fingerprint density at radius 3 is 3.07 bits per heavy atom. The lowest BCUT2D eigenvalue weighted by atomic mass is 9.92. The number of fused-ring (bicyclic) bond motifs is 1. The minimum Gasteiger partial charge on any atom is -0.461 e. The number of nitrogens with zero attached hydrogens (tertiary/aromatic N) is 2. The minimum absolute atomic E-state index is 0.0108. The van der Waals surface area contributed by atoms with Crippen LogP contribution in [0.5, 0.6) is 0 Å². The molecule has 1 aromatic carbocycles. The number of amides is 1. The van der Waals surface area contributed by atoms with Crippen LogP contribution in [-0.2, 0) is 16.0 Å². The fourth-order valence-corrected chi connectivity index (χ4v) is 4.93. The van der Waals surface area contributed by atoms with Crippen LogP contribution in [0, 0.1) is 5.92 Å². The number of carbonyl (C=O) groups excluding carboxylic acids is 2. The molecule has 8 heteroatoms. The predicted molar refractivity (Wildman–Crippen MR) is 103 cm³/mol. The summed E-state index contributed by atoms with van der Waals surface area (Å²) in [4.78, 5) is 27.5. The van der Waals surface area contributed by atoms with Gasteiger partial charge in [-0.25, -0.2) is 0 Å². The van der Waals surface area contributed by atoms with Crippen LogP contribution in [-0.4, -0.2) is 58.3 Å². The summed E-state index contributed by atoms with van der Waals surface area (Å²) in [6.07, 6.45) is 2.19. The Hall–Kier alpha value is -2.32. The van der Waals surface area contributed by atoms with Crippen molar-refractivity contribution in [2.24, 2.45) is 11.1 Å². The summed E-state index contributed by atoms with van der Waals surface area (Å²) in [6, 6.07) is 8.77. The molecule has 2 aliphatic rings. The Labute approximate surface area is 160 Å². The highest BCUT2D eigenvalue weighted by Gasteiger charge is 2.42. The number of carbonyl (C=O) groups is 2. The smallest absolute Gasteiger partial charge is 0.241 e. The zero-order valence-corrected chi connectivity index (χ0v) is 15.5. The summed E-state index contributed by atoms with van der Waals surface area (Å²) in [5.74, 6) is 1.39. The van der Waals surface area contributed by atoms with E-state index in [0.717, 1.165) is 11.0 Å². The van der Waals surface area contributed by atoms with Crippen LogP contribution < -0.4 is 5.32 Å².